The van der Waals surface area contributed by atoms with Crippen LogP contribution in [-0.4, -0.2) is 27.4 Å². The molecule has 0 fully saturated rings. The molecule has 1 aliphatic heterocycles. The van der Waals surface area contributed by atoms with Crippen molar-refractivity contribution in [3.05, 3.63) is 95.7 Å². The zero-order valence-corrected chi connectivity index (χ0v) is 17.2. The van der Waals surface area contributed by atoms with E-state index in [2.05, 4.69) is 4.99 Å². The molecule has 8 heteroatoms. The molecule has 0 spiro atoms. The second-order valence-corrected chi connectivity index (χ2v) is 8.03. The van der Waals surface area contributed by atoms with E-state index in [1.54, 1.807) is 30.3 Å². The molecule has 0 aliphatic carbocycles. The number of nitrogens with zero attached hydrogens (tertiary/aromatic N) is 1. The first-order valence-corrected chi connectivity index (χ1v) is 10.6. The molecule has 0 unspecified atom stereocenters. The molecule has 156 valence electrons. The molecule has 31 heavy (non-hydrogen) atoms. The second kappa shape index (κ2) is 8.45. The van der Waals surface area contributed by atoms with Gasteiger partial charge in [0.25, 0.3) is 0 Å². The Morgan fingerprint density at radius 2 is 1.52 bits per heavy atom. The summed E-state index contributed by atoms with van der Waals surface area (Å²) in [6, 6.07) is 21.2. The van der Waals surface area contributed by atoms with Crippen LogP contribution in [0.5, 0.6) is 11.5 Å². The van der Waals surface area contributed by atoms with Gasteiger partial charge in [0.15, 0.2) is 5.70 Å². The van der Waals surface area contributed by atoms with Gasteiger partial charge in [0.05, 0.1) is 7.11 Å². The largest absolute Gasteiger partial charge is 0.497 e. The van der Waals surface area contributed by atoms with Gasteiger partial charge in [0.1, 0.15) is 16.4 Å². The number of aliphatic imine (C=N–C) groups is 1. The van der Waals surface area contributed by atoms with Crippen LogP contribution in [0, 0.1) is 0 Å². The van der Waals surface area contributed by atoms with E-state index in [1.807, 2.05) is 18.2 Å². The summed E-state index contributed by atoms with van der Waals surface area (Å²) in [5, 5.41) is 0. The fourth-order valence-electron chi connectivity index (χ4n) is 2.81. The van der Waals surface area contributed by atoms with Crippen molar-refractivity contribution in [2.45, 2.75) is 4.90 Å². The van der Waals surface area contributed by atoms with Gasteiger partial charge < -0.3 is 13.7 Å². The molecule has 4 rings (SSSR count). The van der Waals surface area contributed by atoms with Crippen molar-refractivity contribution < 1.29 is 26.9 Å². The summed E-state index contributed by atoms with van der Waals surface area (Å²) in [5.41, 5.74) is 1.49. The Kier molecular flexibility index (Phi) is 5.55. The number of benzene rings is 3. The molecule has 1 aliphatic rings. The van der Waals surface area contributed by atoms with Crippen molar-refractivity contribution in [2.24, 2.45) is 4.99 Å². The van der Waals surface area contributed by atoms with Gasteiger partial charge in [-0.2, -0.15) is 8.42 Å². The van der Waals surface area contributed by atoms with Gasteiger partial charge in [-0.15, -0.1) is 0 Å². The quantitative estimate of drug-likeness (QED) is 0.332. The fraction of sp³-hybridized carbons (Fsp3) is 0.0435. The summed E-state index contributed by atoms with van der Waals surface area (Å²) in [6.07, 6.45) is 1.56. The SMILES string of the molecule is COc1ccc(S(=O)(=O)Oc2ccc(/C=C3\N=C(c4ccccc4)OC3=O)cc2)cc1. The third-order valence-corrected chi connectivity index (χ3v) is 5.64. The maximum Gasteiger partial charge on any atom is 0.363 e. The maximum atomic E-state index is 12.4. The van der Waals surface area contributed by atoms with Crippen LogP contribution in [0.15, 0.2) is 94.4 Å². The monoisotopic (exact) mass is 435 g/mol. The van der Waals surface area contributed by atoms with E-state index >= 15 is 0 Å². The van der Waals surface area contributed by atoms with Gasteiger partial charge in [-0.3, -0.25) is 0 Å². The minimum absolute atomic E-state index is 0.0102. The van der Waals surface area contributed by atoms with Gasteiger partial charge in [-0.1, -0.05) is 30.3 Å². The summed E-state index contributed by atoms with van der Waals surface area (Å²) >= 11 is 0. The zero-order chi connectivity index (χ0) is 21.8. The maximum absolute atomic E-state index is 12.4. The normalized spacial score (nSPS) is 14.8. The van der Waals surface area contributed by atoms with E-state index in [0.717, 1.165) is 0 Å². The van der Waals surface area contributed by atoms with Crippen molar-refractivity contribution >= 4 is 28.1 Å². The molecule has 0 aromatic heterocycles. The second-order valence-electron chi connectivity index (χ2n) is 6.48. The zero-order valence-electron chi connectivity index (χ0n) is 16.4. The highest BCUT2D eigenvalue weighted by Gasteiger charge is 2.24. The number of ether oxygens (including phenoxy) is 2. The molecule has 3 aromatic rings. The van der Waals surface area contributed by atoms with Crippen molar-refractivity contribution in [2.75, 3.05) is 7.11 Å². The number of esters is 1. The Morgan fingerprint density at radius 3 is 2.16 bits per heavy atom. The number of rotatable bonds is 6. The Hall–Kier alpha value is -3.91. The minimum Gasteiger partial charge on any atom is -0.497 e. The molecule has 3 aromatic carbocycles. The lowest BCUT2D eigenvalue weighted by atomic mass is 10.2. The molecular formula is C23H17NO6S. The van der Waals surface area contributed by atoms with E-state index in [-0.39, 0.29) is 22.2 Å². The van der Waals surface area contributed by atoms with Crippen molar-refractivity contribution in [3.8, 4) is 11.5 Å². The lowest BCUT2D eigenvalue weighted by Crippen LogP contribution is -2.09. The van der Waals surface area contributed by atoms with Crippen LogP contribution in [0.25, 0.3) is 6.08 Å². The van der Waals surface area contributed by atoms with Crippen LogP contribution in [0.4, 0.5) is 0 Å². The summed E-state index contributed by atoms with van der Waals surface area (Å²) < 4.78 is 40.3. The van der Waals surface area contributed by atoms with E-state index in [1.165, 1.54) is 43.5 Å². The van der Waals surface area contributed by atoms with Crippen molar-refractivity contribution in [1.82, 2.24) is 0 Å². The predicted molar refractivity (Wildman–Crippen MR) is 114 cm³/mol. The smallest absolute Gasteiger partial charge is 0.363 e. The number of carbonyl (C=O) groups excluding carboxylic acids is 1. The summed E-state index contributed by atoms with van der Waals surface area (Å²) in [4.78, 5) is 16.4. The first kappa shape index (κ1) is 20.4. The molecule has 0 radical (unpaired) electrons. The average Bonchev–Trinajstić information content (AvgIpc) is 3.16. The third kappa shape index (κ3) is 4.65. The van der Waals surface area contributed by atoms with Gasteiger partial charge >= 0.3 is 16.1 Å². The third-order valence-electron chi connectivity index (χ3n) is 4.38. The topological polar surface area (TPSA) is 91.3 Å². The standard InChI is InChI=1S/C23H17NO6S/c1-28-18-11-13-20(14-12-18)31(26,27)30-19-9-7-16(8-10-19)15-21-23(25)29-22(24-21)17-5-3-2-4-6-17/h2-15H,1H3/b21-15-. The molecule has 0 saturated carbocycles. The van der Waals surface area contributed by atoms with Crippen LogP contribution in [0.1, 0.15) is 11.1 Å². The van der Waals surface area contributed by atoms with Crippen LogP contribution < -0.4 is 8.92 Å². The Bertz CT molecular complexity index is 1260. The van der Waals surface area contributed by atoms with Crippen LogP contribution in [0.3, 0.4) is 0 Å². The first-order valence-electron chi connectivity index (χ1n) is 9.21. The molecule has 7 nitrogen and oxygen atoms in total. The number of hydrogen-bond acceptors (Lipinski definition) is 7. The Balaban J connectivity index is 1.50. The fourth-order valence-corrected chi connectivity index (χ4v) is 3.74. The van der Waals surface area contributed by atoms with Gasteiger partial charge in [0.2, 0.25) is 5.90 Å². The molecule has 0 amide bonds. The van der Waals surface area contributed by atoms with E-state index < -0.39 is 16.1 Å². The van der Waals surface area contributed by atoms with Crippen LogP contribution in [0.2, 0.25) is 0 Å². The highest BCUT2D eigenvalue weighted by atomic mass is 32.2. The molecule has 0 N–H and O–H groups in total. The van der Waals surface area contributed by atoms with Gasteiger partial charge in [0, 0.05) is 5.56 Å². The molecule has 1 heterocycles. The first-order chi connectivity index (χ1) is 14.9. The van der Waals surface area contributed by atoms with Gasteiger partial charge in [-0.25, -0.2) is 9.79 Å². The number of hydrogen-bond donors (Lipinski definition) is 0. The van der Waals surface area contributed by atoms with E-state index in [4.69, 9.17) is 13.7 Å². The molecule has 0 bridgehead atoms. The number of cyclic esters (lactones) is 1. The van der Waals surface area contributed by atoms with Gasteiger partial charge in [-0.05, 0) is 60.2 Å². The number of methoxy groups -OCH3 is 1. The number of carbonyl (C=O) groups is 1. The lowest BCUT2D eigenvalue weighted by molar-refractivity contribution is -0.129. The van der Waals surface area contributed by atoms with E-state index in [9.17, 15) is 13.2 Å². The molecule has 0 saturated heterocycles. The highest BCUT2D eigenvalue weighted by Crippen LogP contribution is 2.23. The van der Waals surface area contributed by atoms with Crippen molar-refractivity contribution in [1.29, 1.82) is 0 Å². The summed E-state index contributed by atoms with van der Waals surface area (Å²) in [5.74, 6) is 0.365. The Labute approximate surface area is 179 Å². The highest BCUT2D eigenvalue weighted by molar-refractivity contribution is 7.87. The summed E-state index contributed by atoms with van der Waals surface area (Å²) in [6.45, 7) is 0. The average molecular weight is 435 g/mol. The lowest BCUT2D eigenvalue weighted by Gasteiger charge is -2.08. The summed E-state index contributed by atoms with van der Waals surface area (Å²) in [7, 11) is -2.49. The minimum atomic E-state index is -3.99. The van der Waals surface area contributed by atoms with Crippen LogP contribution in [-0.2, 0) is 19.6 Å². The van der Waals surface area contributed by atoms with E-state index in [0.29, 0.717) is 16.9 Å². The molecule has 0 atom stereocenters. The Morgan fingerprint density at radius 1 is 0.871 bits per heavy atom. The van der Waals surface area contributed by atoms with Crippen LogP contribution >= 0.6 is 0 Å². The predicted octanol–water partition coefficient (Wildman–Crippen LogP) is 3.81. The molecular weight excluding hydrogens is 418 g/mol. The van der Waals surface area contributed by atoms with Crippen molar-refractivity contribution in [3.63, 3.8) is 0 Å².